The molecule has 0 saturated carbocycles. The predicted octanol–water partition coefficient (Wildman–Crippen LogP) is 3.49. The fraction of sp³-hybridized carbons (Fsp3) is 0.188. The van der Waals surface area contributed by atoms with Crippen LogP contribution >= 0.6 is 15.9 Å². The zero-order valence-electron chi connectivity index (χ0n) is 11.4. The maximum atomic E-state index is 14.0. The Balaban J connectivity index is 2.04. The molecule has 0 saturated heterocycles. The van der Waals surface area contributed by atoms with Gasteiger partial charge in [0.15, 0.2) is 0 Å². The number of nitrogens with two attached hydrogens (primary N) is 1. The Bertz CT molecular complexity index is 782. The summed E-state index contributed by atoms with van der Waals surface area (Å²) in [6.07, 6.45) is 4.56. The molecule has 0 aliphatic heterocycles. The summed E-state index contributed by atoms with van der Waals surface area (Å²) in [7, 11) is 0. The van der Waals surface area contributed by atoms with Crippen molar-refractivity contribution in [1.29, 1.82) is 0 Å². The van der Waals surface area contributed by atoms with Crippen molar-refractivity contribution in [3.63, 3.8) is 0 Å². The molecule has 0 amide bonds. The van der Waals surface area contributed by atoms with Crippen molar-refractivity contribution in [3.05, 3.63) is 64.1 Å². The van der Waals surface area contributed by atoms with Crippen LogP contribution < -0.4 is 5.73 Å². The zero-order valence-corrected chi connectivity index (χ0v) is 13.0. The lowest BCUT2D eigenvalue weighted by molar-refractivity contribution is 0.600. The van der Waals surface area contributed by atoms with Crippen LogP contribution in [0.3, 0.4) is 0 Å². The van der Waals surface area contributed by atoms with Crippen molar-refractivity contribution in [3.8, 4) is 0 Å². The Morgan fingerprint density at radius 1 is 1.24 bits per heavy atom. The van der Waals surface area contributed by atoms with E-state index in [0.29, 0.717) is 18.7 Å². The lowest BCUT2D eigenvalue weighted by atomic mass is 10.2. The molecule has 2 N–H and O–H groups in total. The van der Waals surface area contributed by atoms with Crippen LogP contribution in [0.15, 0.2) is 47.2 Å². The SMILES string of the molecule is NCCc1cn(Cc2ccc(Br)cc2F)c2ncccc12. The first-order valence-corrected chi connectivity index (χ1v) is 7.55. The Morgan fingerprint density at radius 3 is 2.86 bits per heavy atom. The van der Waals surface area contributed by atoms with Crippen molar-refractivity contribution in [2.45, 2.75) is 13.0 Å². The quantitative estimate of drug-likeness (QED) is 0.784. The van der Waals surface area contributed by atoms with E-state index in [-0.39, 0.29) is 5.82 Å². The van der Waals surface area contributed by atoms with E-state index in [1.807, 2.05) is 29.0 Å². The van der Waals surface area contributed by atoms with Gasteiger partial charge < -0.3 is 10.3 Å². The Hall–Kier alpha value is -1.72. The molecule has 0 aliphatic carbocycles. The van der Waals surface area contributed by atoms with Crippen molar-refractivity contribution in [2.24, 2.45) is 5.73 Å². The monoisotopic (exact) mass is 347 g/mol. The molecule has 5 heteroatoms. The molecule has 0 bridgehead atoms. The van der Waals surface area contributed by atoms with E-state index in [1.165, 1.54) is 6.07 Å². The van der Waals surface area contributed by atoms with Crippen molar-refractivity contribution >= 4 is 27.0 Å². The van der Waals surface area contributed by atoms with Gasteiger partial charge in [-0.05, 0) is 42.8 Å². The van der Waals surface area contributed by atoms with E-state index in [2.05, 4.69) is 20.9 Å². The summed E-state index contributed by atoms with van der Waals surface area (Å²) in [6, 6.07) is 9.05. The topological polar surface area (TPSA) is 43.8 Å². The predicted molar refractivity (Wildman–Crippen MR) is 85.7 cm³/mol. The number of benzene rings is 1. The maximum absolute atomic E-state index is 14.0. The van der Waals surface area contributed by atoms with Crippen LogP contribution in [0.4, 0.5) is 4.39 Å². The molecule has 3 aromatic rings. The average Bonchev–Trinajstić information content (AvgIpc) is 2.81. The van der Waals surface area contributed by atoms with Gasteiger partial charge in [-0.2, -0.15) is 0 Å². The Labute approximate surface area is 130 Å². The summed E-state index contributed by atoms with van der Waals surface area (Å²) in [5.74, 6) is -0.220. The van der Waals surface area contributed by atoms with E-state index in [9.17, 15) is 4.39 Å². The second kappa shape index (κ2) is 5.95. The average molecular weight is 348 g/mol. The third-order valence-corrected chi connectivity index (χ3v) is 3.98. The van der Waals surface area contributed by atoms with Crippen molar-refractivity contribution < 1.29 is 4.39 Å². The van der Waals surface area contributed by atoms with Crippen LogP contribution in [-0.4, -0.2) is 16.1 Å². The fourth-order valence-electron chi connectivity index (χ4n) is 2.50. The normalized spacial score (nSPS) is 11.2. The highest BCUT2D eigenvalue weighted by Gasteiger charge is 2.11. The highest BCUT2D eigenvalue weighted by Crippen LogP contribution is 2.22. The summed E-state index contributed by atoms with van der Waals surface area (Å²) in [5.41, 5.74) is 8.31. The zero-order chi connectivity index (χ0) is 14.8. The molecular weight excluding hydrogens is 333 g/mol. The van der Waals surface area contributed by atoms with Crippen LogP contribution in [0, 0.1) is 5.82 Å². The van der Waals surface area contributed by atoms with Crippen molar-refractivity contribution in [1.82, 2.24) is 9.55 Å². The third-order valence-electron chi connectivity index (χ3n) is 3.49. The first-order valence-electron chi connectivity index (χ1n) is 6.76. The van der Waals surface area contributed by atoms with Gasteiger partial charge in [0.25, 0.3) is 0 Å². The summed E-state index contributed by atoms with van der Waals surface area (Å²) >= 11 is 3.27. The molecule has 0 spiro atoms. The van der Waals surface area contributed by atoms with Crippen LogP contribution in [0.1, 0.15) is 11.1 Å². The molecule has 0 radical (unpaired) electrons. The number of nitrogens with zero attached hydrogens (tertiary/aromatic N) is 2. The maximum Gasteiger partial charge on any atom is 0.140 e. The molecule has 3 rings (SSSR count). The molecule has 2 heterocycles. The second-order valence-corrected chi connectivity index (χ2v) is 5.85. The van der Waals surface area contributed by atoms with Crippen LogP contribution in [0.2, 0.25) is 0 Å². The Morgan fingerprint density at radius 2 is 2.10 bits per heavy atom. The smallest absolute Gasteiger partial charge is 0.140 e. The van der Waals surface area contributed by atoms with E-state index in [4.69, 9.17) is 5.73 Å². The molecule has 0 aliphatic rings. The molecule has 1 aromatic carbocycles. The summed E-state index contributed by atoms with van der Waals surface area (Å²) in [6.45, 7) is 1.04. The van der Waals surface area contributed by atoms with Gasteiger partial charge in [0.1, 0.15) is 11.5 Å². The number of aromatic nitrogens is 2. The number of hydrogen-bond acceptors (Lipinski definition) is 2. The molecule has 3 nitrogen and oxygen atoms in total. The molecule has 108 valence electrons. The van der Waals surface area contributed by atoms with Crippen molar-refractivity contribution in [2.75, 3.05) is 6.54 Å². The van der Waals surface area contributed by atoms with Gasteiger partial charge >= 0.3 is 0 Å². The van der Waals surface area contributed by atoms with E-state index in [1.54, 1.807) is 12.3 Å². The van der Waals surface area contributed by atoms with E-state index >= 15 is 0 Å². The van der Waals surface area contributed by atoms with E-state index < -0.39 is 0 Å². The van der Waals surface area contributed by atoms with Gasteiger partial charge in [0, 0.05) is 27.8 Å². The van der Waals surface area contributed by atoms with Crippen LogP contribution in [-0.2, 0) is 13.0 Å². The van der Waals surface area contributed by atoms with Gasteiger partial charge in [-0.25, -0.2) is 9.37 Å². The number of rotatable bonds is 4. The highest BCUT2D eigenvalue weighted by molar-refractivity contribution is 9.10. The largest absolute Gasteiger partial charge is 0.330 e. The first kappa shape index (κ1) is 14.2. The number of halogens is 2. The Kier molecular flexibility index (Phi) is 4.03. The molecule has 21 heavy (non-hydrogen) atoms. The third kappa shape index (κ3) is 2.84. The van der Waals surface area contributed by atoms with Gasteiger partial charge in [-0.15, -0.1) is 0 Å². The molecule has 0 unspecified atom stereocenters. The summed E-state index contributed by atoms with van der Waals surface area (Å²) in [5, 5.41) is 1.08. The minimum absolute atomic E-state index is 0.220. The van der Waals surface area contributed by atoms with Gasteiger partial charge in [0.2, 0.25) is 0 Å². The van der Waals surface area contributed by atoms with E-state index in [0.717, 1.165) is 27.5 Å². The number of hydrogen-bond donors (Lipinski definition) is 1. The molecule has 2 aromatic heterocycles. The number of pyridine rings is 1. The van der Waals surface area contributed by atoms with Gasteiger partial charge in [-0.3, -0.25) is 0 Å². The lowest BCUT2D eigenvalue weighted by Gasteiger charge is -2.06. The fourth-order valence-corrected chi connectivity index (χ4v) is 2.84. The molecule has 0 fully saturated rings. The summed E-state index contributed by atoms with van der Waals surface area (Å²) < 4.78 is 16.7. The molecule has 0 atom stereocenters. The summed E-state index contributed by atoms with van der Waals surface area (Å²) in [4.78, 5) is 4.42. The second-order valence-electron chi connectivity index (χ2n) is 4.93. The minimum Gasteiger partial charge on any atom is -0.330 e. The van der Waals surface area contributed by atoms with Gasteiger partial charge in [-0.1, -0.05) is 22.0 Å². The standard InChI is InChI=1S/C16H15BrFN3/c17-13-4-3-12(15(18)8-13)10-21-9-11(5-6-19)14-2-1-7-20-16(14)21/h1-4,7-9H,5-6,10,19H2. The van der Waals surface area contributed by atoms with Crippen LogP contribution in [0.5, 0.6) is 0 Å². The minimum atomic E-state index is -0.220. The highest BCUT2D eigenvalue weighted by atomic mass is 79.9. The first-order chi connectivity index (χ1) is 10.2. The molecular formula is C16H15BrFN3. The van der Waals surface area contributed by atoms with Crippen LogP contribution in [0.25, 0.3) is 11.0 Å². The number of fused-ring (bicyclic) bond motifs is 1. The lowest BCUT2D eigenvalue weighted by Crippen LogP contribution is -2.03. The van der Waals surface area contributed by atoms with Gasteiger partial charge in [0.05, 0.1) is 6.54 Å².